The van der Waals surface area contributed by atoms with Crippen molar-refractivity contribution < 1.29 is 4.52 Å². The number of nitrogens with two attached hydrogens (primary N) is 1. The monoisotopic (exact) mass is 259 g/mol. The van der Waals surface area contributed by atoms with Crippen LogP contribution in [0.15, 0.2) is 29.4 Å². The van der Waals surface area contributed by atoms with Crippen molar-refractivity contribution in [3.63, 3.8) is 0 Å². The zero-order valence-electron chi connectivity index (χ0n) is 10.4. The molecule has 0 amide bonds. The first-order valence-corrected chi connectivity index (χ1v) is 5.81. The Balaban J connectivity index is 1.87. The van der Waals surface area contributed by atoms with Gasteiger partial charge in [-0.15, -0.1) is 0 Å². The van der Waals surface area contributed by atoms with Gasteiger partial charge in [0.25, 0.3) is 5.89 Å². The quantitative estimate of drug-likeness (QED) is 0.722. The highest BCUT2D eigenvalue weighted by molar-refractivity contribution is 5.55. The Bertz CT molecular complexity index is 681. The fourth-order valence-corrected chi connectivity index (χ4v) is 1.72. The molecular weight excluding hydrogens is 246 g/mol. The number of aryl methyl sites for hydroxylation is 1. The Morgan fingerprint density at radius 1 is 1.37 bits per heavy atom. The van der Waals surface area contributed by atoms with Crippen LogP contribution in [0.3, 0.4) is 0 Å². The van der Waals surface area contributed by atoms with E-state index in [0.717, 1.165) is 5.56 Å². The average Bonchev–Trinajstić information content (AvgIpc) is 3.07. The molecule has 2 N–H and O–H groups in total. The molecule has 0 saturated heterocycles. The lowest BCUT2D eigenvalue weighted by Gasteiger charge is -1.94. The topological polar surface area (TPSA) is 101 Å². The summed E-state index contributed by atoms with van der Waals surface area (Å²) in [6.45, 7) is 1.26. The third-order valence-corrected chi connectivity index (χ3v) is 2.63. The van der Waals surface area contributed by atoms with E-state index in [1.165, 1.54) is 0 Å². The van der Waals surface area contributed by atoms with Gasteiger partial charge in [-0.05, 0) is 0 Å². The second kappa shape index (κ2) is 4.65. The van der Waals surface area contributed by atoms with Gasteiger partial charge < -0.3 is 14.8 Å². The van der Waals surface area contributed by atoms with Crippen LogP contribution in [0, 0.1) is 0 Å². The molecule has 3 aromatic heterocycles. The zero-order chi connectivity index (χ0) is 13.2. The largest absolute Gasteiger partial charge is 0.335 e. The van der Waals surface area contributed by atoms with Crippen LogP contribution < -0.4 is 5.73 Å². The molecular formula is C11H13N7O. The fourth-order valence-electron chi connectivity index (χ4n) is 1.72. The van der Waals surface area contributed by atoms with Gasteiger partial charge in [0.1, 0.15) is 5.69 Å². The number of hydrogen-bond donors (Lipinski definition) is 1. The molecule has 0 aliphatic heterocycles. The molecule has 19 heavy (non-hydrogen) atoms. The van der Waals surface area contributed by atoms with Gasteiger partial charge in [-0.3, -0.25) is 4.68 Å². The maximum absolute atomic E-state index is 5.48. The van der Waals surface area contributed by atoms with Crippen molar-refractivity contribution in [3.05, 3.63) is 24.9 Å². The standard InChI is InChI=1S/C11H13N7O/c1-17-5-8(4-14-17)10-15-11(19-16-10)9-6-18(3-2-12)7-13-9/h4-7H,2-3,12H2,1H3. The molecule has 0 aliphatic carbocycles. The molecule has 0 spiro atoms. The maximum atomic E-state index is 5.48. The molecule has 0 aliphatic rings. The lowest BCUT2D eigenvalue weighted by atomic mass is 10.3. The second-order valence-electron chi connectivity index (χ2n) is 4.11. The predicted octanol–water partition coefficient (Wildman–Crippen LogP) is 0.292. The van der Waals surface area contributed by atoms with Crippen LogP contribution in [0.4, 0.5) is 0 Å². The summed E-state index contributed by atoms with van der Waals surface area (Å²) in [4.78, 5) is 8.51. The first-order chi connectivity index (χ1) is 9.26. The molecule has 0 unspecified atom stereocenters. The molecule has 3 heterocycles. The lowest BCUT2D eigenvalue weighted by molar-refractivity contribution is 0.431. The third kappa shape index (κ3) is 2.25. The molecule has 8 heteroatoms. The summed E-state index contributed by atoms with van der Waals surface area (Å²) in [6, 6.07) is 0. The van der Waals surface area contributed by atoms with Crippen molar-refractivity contribution in [1.82, 2.24) is 29.5 Å². The van der Waals surface area contributed by atoms with Crippen molar-refractivity contribution in [2.75, 3.05) is 6.54 Å². The molecule has 0 radical (unpaired) electrons. The maximum Gasteiger partial charge on any atom is 0.278 e. The first-order valence-electron chi connectivity index (χ1n) is 5.81. The van der Waals surface area contributed by atoms with E-state index in [0.29, 0.717) is 30.5 Å². The van der Waals surface area contributed by atoms with E-state index in [1.807, 2.05) is 24.0 Å². The van der Waals surface area contributed by atoms with Gasteiger partial charge in [0.2, 0.25) is 5.82 Å². The minimum absolute atomic E-state index is 0.384. The summed E-state index contributed by atoms with van der Waals surface area (Å²) >= 11 is 0. The van der Waals surface area contributed by atoms with Crippen LogP contribution in [-0.2, 0) is 13.6 Å². The average molecular weight is 259 g/mol. The Labute approximate surface area is 108 Å². The summed E-state index contributed by atoms with van der Waals surface area (Å²) in [6.07, 6.45) is 7.02. The van der Waals surface area contributed by atoms with Crippen LogP contribution in [0.25, 0.3) is 23.0 Å². The molecule has 0 fully saturated rings. The molecule has 0 atom stereocenters. The van der Waals surface area contributed by atoms with Crippen molar-refractivity contribution in [1.29, 1.82) is 0 Å². The van der Waals surface area contributed by atoms with E-state index in [1.54, 1.807) is 17.2 Å². The van der Waals surface area contributed by atoms with Crippen molar-refractivity contribution in [2.24, 2.45) is 12.8 Å². The number of nitrogens with zero attached hydrogens (tertiary/aromatic N) is 6. The zero-order valence-corrected chi connectivity index (χ0v) is 10.4. The summed E-state index contributed by atoms with van der Waals surface area (Å²) in [5.41, 5.74) is 6.92. The van der Waals surface area contributed by atoms with Crippen molar-refractivity contribution >= 4 is 0 Å². The first kappa shape index (κ1) is 11.6. The van der Waals surface area contributed by atoms with E-state index < -0.39 is 0 Å². The van der Waals surface area contributed by atoms with E-state index in [-0.39, 0.29) is 0 Å². The van der Waals surface area contributed by atoms with Gasteiger partial charge in [-0.2, -0.15) is 10.1 Å². The minimum Gasteiger partial charge on any atom is -0.335 e. The lowest BCUT2D eigenvalue weighted by Crippen LogP contribution is -2.07. The SMILES string of the molecule is Cn1cc(-c2noc(-c3cn(CCN)cn3)n2)cn1. The molecule has 3 rings (SSSR count). The van der Waals surface area contributed by atoms with E-state index in [4.69, 9.17) is 10.3 Å². The van der Waals surface area contributed by atoms with E-state index >= 15 is 0 Å². The summed E-state index contributed by atoms with van der Waals surface area (Å²) in [5.74, 6) is 0.881. The minimum atomic E-state index is 0.384. The van der Waals surface area contributed by atoms with E-state index in [9.17, 15) is 0 Å². The Morgan fingerprint density at radius 2 is 2.26 bits per heavy atom. The predicted molar refractivity (Wildman–Crippen MR) is 66.8 cm³/mol. The van der Waals surface area contributed by atoms with Crippen LogP contribution in [0.2, 0.25) is 0 Å². The Hall–Kier alpha value is -2.48. The van der Waals surface area contributed by atoms with Crippen LogP contribution >= 0.6 is 0 Å². The third-order valence-electron chi connectivity index (χ3n) is 2.63. The van der Waals surface area contributed by atoms with Gasteiger partial charge in [-0.25, -0.2) is 4.98 Å². The van der Waals surface area contributed by atoms with Gasteiger partial charge in [0.05, 0.1) is 18.1 Å². The summed E-state index contributed by atoms with van der Waals surface area (Å²) < 4.78 is 8.76. The van der Waals surface area contributed by atoms with Crippen LogP contribution in [0.1, 0.15) is 0 Å². The van der Waals surface area contributed by atoms with Gasteiger partial charge in [0, 0.05) is 32.5 Å². The second-order valence-corrected chi connectivity index (χ2v) is 4.11. The number of imidazole rings is 1. The van der Waals surface area contributed by atoms with Crippen LogP contribution in [-0.4, -0.2) is 36.0 Å². The van der Waals surface area contributed by atoms with E-state index in [2.05, 4.69) is 20.2 Å². The Morgan fingerprint density at radius 3 is 3.00 bits per heavy atom. The highest BCUT2D eigenvalue weighted by atomic mass is 16.5. The highest BCUT2D eigenvalue weighted by Crippen LogP contribution is 2.20. The van der Waals surface area contributed by atoms with Crippen molar-refractivity contribution in [2.45, 2.75) is 6.54 Å². The normalized spacial score (nSPS) is 11.1. The molecule has 3 aromatic rings. The number of hydrogen-bond acceptors (Lipinski definition) is 6. The van der Waals surface area contributed by atoms with Gasteiger partial charge in [0.15, 0.2) is 0 Å². The van der Waals surface area contributed by atoms with Crippen molar-refractivity contribution in [3.8, 4) is 23.0 Å². The molecule has 0 bridgehead atoms. The smallest absolute Gasteiger partial charge is 0.278 e. The number of aromatic nitrogens is 6. The number of rotatable bonds is 4. The van der Waals surface area contributed by atoms with Crippen LogP contribution in [0.5, 0.6) is 0 Å². The Kier molecular flexibility index (Phi) is 2.84. The fraction of sp³-hybridized carbons (Fsp3) is 0.273. The molecule has 0 aromatic carbocycles. The summed E-state index contributed by atoms with van der Waals surface area (Å²) in [5, 5.41) is 7.98. The molecule has 8 nitrogen and oxygen atoms in total. The molecule has 98 valence electrons. The van der Waals surface area contributed by atoms with Gasteiger partial charge >= 0.3 is 0 Å². The molecule has 0 saturated carbocycles. The summed E-state index contributed by atoms with van der Waals surface area (Å²) in [7, 11) is 1.83. The highest BCUT2D eigenvalue weighted by Gasteiger charge is 2.13. The van der Waals surface area contributed by atoms with Gasteiger partial charge in [-0.1, -0.05) is 5.16 Å².